The molecule has 3 aromatic rings. The second-order valence-electron chi connectivity index (χ2n) is 4.70. The first-order valence-electron chi connectivity index (χ1n) is 6.57. The van der Waals surface area contributed by atoms with Gasteiger partial charge >= 0.3 is 0 Å². The van der Waals surface area contributed by atoms with Crippen LogP contribution in [0.25, 0.3) is 11.0 Å². The summed E-state index contributed by atoms with van der Waals surface area (Å²) in [6, 6.07) is 12.9. The number of hydrogen-bond donors (Lipinski definition) is 0. The Kier molecular flexibility index (Phi) is 3.45. The number of aromatic nitrogens is 2. The van der Waals surface area contributed by atoms with Crippen LogP contribution in [0.1, 0.15) is 18.3 Å². The summed E-state index contributed by atoms with van der Waals surface area (Å²) in [5, 5.41) is 0.157. The minimum Gasteiger partial charge on any atom is -0.323 e. The van der Waals surface area contributed by atoms with Crippen LogP contribution in [-0.2, 0) is 13.0 Å². The van der Waals surface area contributed by atoms with Crippen LogP contribution in [-0.4, -0.2) is 9.55 Å². The highest BCUT2D eigenvalue weighted by atomic mass is 35.5. The fraction of sp³-hybridized carbons (Fsp3) is 0.188. The molecule has 4 heteroatoms. The maximum Gasteiger partial charge on any atom is 0.141 e. The molecule has 0 atom stereocenters. The Morgan fingerprint density at radius 2 is 2.00 bits per heavy atom. The lowest BCUT2D eigenvalue weighted by molar-refractivity contribution is 0.626. The summed E-state index contributed by atoms with van der Waals surface area (Å²) in [7, 11) is 0. The number of fused-ring (bicyclic) bond motifs is 1. The third-order valence-corrected chi connectivity index (χ3v) is 3.66. The van der Waals surface area contributed by atoms with E-state index < -0.39 is 0 Å². The molecule has 2 nitrogen and oxygen atoms in total. The Morgan fingerprint density at radius 1 is 1.20 bits per heavy atom. The minimum absolute atomic E-state index is 0.157. The molecular weight excluding hydrogens is 275 g/mol. The molecule has 3 rings (SSSR count). The molecule has 0 bridgehead atoms. The molecule has 0 fully saturated rings. The first-order valence-corrected chi connectivity index (χ1v) is 6.95. The van der Waals surface area contributed by atoms with Gasteiger partial charge in [0.15, 0.2) is 0 Å². The summed E-state index contributed by atoms with van der Waals surface area (Å²) in [5.41, 5.74) is 3.04. The van der Waals surface area contributed by atoms with Gasteiger partial charge in [0, 0.05) is 13.0 Å². The monoisotopic (exact) mass is 288 g/mol. The third kappa shape index (κ3) is 2.29. The molecule has 1 aromatic heterocycles. The van der Waals surface area contributed by atoms with Crippen molar-refractivity contribution in [1.82, 2.24) is 9.55 Å². The number of rotatable bonds is 3. The van der Waals surface area contributed by atoms with Gasteiger partial charge < -0.3 is 4.57 Å². The number of benzene rings is 2. The number of nitrogens with zero attached hydrogens (tertiary/aromatic N) is 2. The van der Waals surface area contributed by atoms with Crippen molar-refractivity contribution in [2.24, 2.45) is 0 Å². The Balaban J connectivity index is 2.07. The number of para-hydroxylation sites is 2. The highest BCUT2D eigenvalue weighted by molar-refractivity contribution is 6.30. The van der Waals surface area contributed by atoms with Gasteiger partial charge in [-0.3, -0.25) is 0 Å². The lowest BCUT2D eigenvalue weighted by Gasteiger charge is -2.09. The summed E-state index contributed by atoms with van der Waals surface area (Å²) < 4.78 is 15.4. The van der Waals surface area contributed by atoms with Gasteiger partial charge in [0.05, 0.1) is 16.1 Å². The van der Waals surface area contributed by atoms with Crippen LogP contribution in [0.3, 0.4) is 0 Å². The Morgan fingerprint density at radius 3 is 2.75 bits per heavy atom. The van der Waals surface area contributed by atoms with Crippen LogP contribution >= 0.6 is 11.6 Å². The lowest BCUT2D eigenvalue weighted by Crippen LogP contribution is -2.04. The summed E-state index contributed by atoms with van der Waals surface area (Å²) >= 11 is 5.85. The normalized spacial score (nSPS) is 11.2. The van der Waals surface area contributed by atoms with Crippen molar-refractivity contribution in [3.8, 4) is 0 Å². The quantitative estimate of drug-likeness (QED) is 0.697. The topological polar surface area (TPSA) is 17.8 Å². The first kappa shape index (κ1) is 13.1. The predicted molar refractivity (Wildman–Crippen MR) is 79.6 cm³/mol. The minimum atomic E-state index is -0.387. The van der Waals surface area contributed by atoms with E-state index in [1.807, 2.05) is 24.3 Å². The number of aryl methyl sites for hydroxylation is 1. The van der Waals surface area contributed by atoms with Crippen LogP contribution in [0.4, 0.5) is 4.39 Å². The zero-order valence-corrected chi connectivity index (χ0v) is 11.9. The largest absolute Gasteiger partial charge is 0.323 e. The molecule has 0 saturated heterocycles. The molecule has 0 aliphatic carbocycles. The summed E-state index contributed by atoms with van der Waals surface area (Å²) in [6.45, 7) is 2.72. The average molecular weight is 289 g/mol. The van der Waals surface area contributed by atoms with E-state index >= 15 is 0 Å². The van der Waals surface area contributed by atoms with Gasteiger partial charge in [-0.15, -0.1) is 0 Å². The van der Waals surface area contributed by atoms with E-state index in [1.165, 1.54) is 6.07 Å². The van der Waals surface area contributed by atoms with E-state index in [9.17, 15) is 4.39 Å². The summed E-state index contributed by atoms with van der Waals surface area (Å²) in [6.07, 6.45) is 0.851. The zero-order chi connectivity index (χ0) is 14.1. The molecule has 0 N–H and O–H groups in total. The van der Waals surface area contributed by atoms with Crippen molar-refractivity contribution in [1.29, 1.82) is 0 Å². The molecule has 0 amide bonds. The van der Waals surface area contributed by atoms with Crippen LogP contribution in [0.5, 0.6) is 0 Å². The van der Waals surface area contributed by atoms with Gasteiger partial charge in [0.25, 0.3) is 0 Å². The van der Waals surface area contributed by atoms with Gasteiger partial charge in [-0.2, -0.15) is 0 Å². The van der Waals surface area contributed by atoms with E-state index in [1.54, 1.807) is 12.1 Å². The van der Waals surface area contributed by atoms with E-state index in [0.717, 1.165) is 28.8 Å². The van der Waals surface area contributed by atoms with Gasteiger partial charge in [0.2, 0.25) is 0 Å². The molecule has 0 unspecified atom stereocenters. The standard InChI is InChI=1S/C16H14ClFN2/c1-2-16-19-14-5-3-4-6-15(14)20(16)10-11-7-8-13(18)12(17)9-11/h3-9H,2,10H2,1H3. The Hall–Kier alpha value is -1.87. The van der Waals surface area contributed by atoms with E-state index in [-0.39, 0.29) is 10.8 Å². The molecule has 20 heavy (non-hydrogen) atoms. The van der Waals surface area contributed by atoms with Gasteiger partial charge in [0.1, 0.15) is 11.6 Å². The van der Waals surface area contributed by atoms with Gasteiger partial charge in [-0.05, 0) is 29.8 Å². The Labute approximate surface area is 121 Å². The van der Waals surface area contributed by atoms with Crippen LogP contribution < -0.4 is 0 Å². The first-order chi connectivity index (χ1) is 9.69. The van der Waals surface area contributed by atoms with E-state index in [4.69, 9.17) is 11.6 Å². The number of hydrogen-bond acceptors (Lipinski definition) is 1. The molecule has 0 radical (unpaired) electrons. The molecule has 102 valence electrons. The number of imidazole rings is 1. The molecule has 0 spiro atoms. The van der Waals surface area contributed by atoms with E-state index in [2.05, 4.69) is 16.5 Å². The van der Waals surface area contributed by atoms with Crippen LogP contribution in [0.15, 0.2) is 42.5 Å². The molecule has 1 heterocycles. The fourth-order valence-electron chi connectivity index (χ4n) is 2.39. The molecule has 0 saturated carbocycles. The van der Waals surface area contributed by atoms with Crippen molar-refractivity contribution in [2.45, 2.75) is 19.9 Å². The van der Waals surface area contributed by atoms with Gasteiger partial charge in [-0.1, -0.05) is 36.7 Å². The van der Waals surface area contributed by atoms with Crippen LogP contribution in [0, 0.1) is 5.82 Å². The predicted octanol–water partition coefficient (Wildman–Crippen LogP) is 4.44. The maximum atomic E-state index is 13.2. The Bertz CT molecular complexity index is 764. The summed E-state index contributed by atoms with van der Waals surface area (Å²) in [5.74, 6) is 0.633. The highest BCUT2D eigenvalue weighted by Crippen LogP contribution is 2.21. The van der Waals surface area contributed by atoms with Gasteiger partial charge in [-0.25, -0.2) is 9.37 Å². The molecule has 0 aliphatic heterocycles. The lowest BCUT2D eigenvalue weighted by atomic mass is 10.2. The second-order valence-corrected chi connectivity index (χ2v) is 5.11. The average Bonchev–Trinajstić information content (AvgIpc) is 2.81. The van der Waals surface area contributed by atoms with Crippen LogP contribution in [0.2, 0.25) is 5.02 Å². The maximum absolute atomic E-state index is 13.2. The number of halogens is 2. The molecular formula is C16H14ClFN2. The van der Waals surface area contributed by atoms with Crippen molar-refractivity contribution < 1.29 is 4.39 Å². The molecule has 2 aromatic carbocycles. The SMILES string of the molecule is CCc1nc2ccccc2n1Cc1ccc(F)c(Cl)c1. The zero-order valence-electron chi connectivity index (χ0n) is 11.1. The third-order valence-electron chi connectivity index (χ3n) is 3.37. The second kappa shape index (κ2) is 5.25. The van der Waals surface area contributed by atoms with Crippen molar-refractivity contribution in [2.75, 3.05) is 0 Å². The summed E-state index contributed by atoms with van der Waals surface area (Å²) in [4.78, 5) is 4.62. The highest BCUT2D eigenvalue weighted by Gasteiger charge is 2.10. The van der Waals surface area contributed by atoms with Crippen molar-refractivity contribution >= 4 is 22.6 Å². The van der Waals surface area contributed by atoms with Crippen molar-refractivity contribution in [3.05, 3.63) is 64.7 Å². The fourth-order valence-corrected chi connectivity index (χ4v) is 2.60. The van der Waals surface area contributed by atoms with E-state index in [0.29, 0.717) is 6.54 Å². The van der Waals surface area contributed by atoms with Crippen molar-refractivity contribution in [3.63, 3.8) is 0 Å². The molecule has 0 aliphatic rings. The smallest absolute Gasteiger partial charge is 0.141 e.